The molecule has 1 N–H and O–H groups in total. The van der Waals surface area contributed by atoms with Crippen molar-refractivity contribution in [2.45, 2.75) is 33.4 Å². The highest BCUT2D eigenvalue weighted by molar-refractivity contribution is 7.15. The van der Waals surface area contributed by atoms with Gasteiger partial charge in [-0.2, -0.15) is 0 Å². The second kappa shape index (κ2) is 7.78. The van der Waals surface area contributed by atoms with Gasteiger partial charge in [0.1, 0.15) is 0 Å². The average molecular weight is 324 g/mol. The number of aryl methyl sites for hydroxylation is 1. The number of hydrogen-bond acceptors (Lipinski definition) is 4. The van der Waals surface area contributed by atoms with Crippen molar-refractivity contribution in [3.63, 3.8) is 0 Å². The van der Waals surface area contributed by atoms with E-state index < -0.39 is 0 Å². The van der Waals surface area contributed by atoms with E-state index in [4.69, 9.17) is 11.6 Å². The summed E-state index contributed by atoms with van der Waals surface area (Å²) in [5.41, 5.74) is 2.36. The molecule has 3 nitrogen and oxygen atoms in total. The van der Waals surface area contributed by atoms with E-state index >= 15 is 0 Å². The molecule has 1 aromatic carbocycles. The van der Waals surface area contributed by atoms with E-state index in [1.807, 2.05) is 12.1 Å². The summed E-state index contributed by atoms with van der Waals surface area (Å²) in [6.45, 7) is 7.06. The molecule has 5 heteroatoms. The molecular formula is C16H22ClN3S. The Bertz CT molecular complexity index is 565. The molecule has 0 saturated heterocycles. The molecule has 2 aromatic rings. The van der Waals surface area contributed by atoms with Crippen LogP contribution < -0.4 is 10.2 Å². The Hall–Kier alpha value is -1.10. The first kappa shape index (κ1) is 16.3. The molecular weight excluding hydrogens is 302 g/mol. The Kier molecular flexibility index (Phi) is 6.03. The zero-order valence-electron chi connectivity index (χ0n) is 12.8. The highest BCUT2D eigenvalue weighted by atomic mass is 35.5. The largest absolute Gasteiger partial charge is 0.347 e. The fourth-order valence-corrected chi connectivity index (χ4v) is 3.17. The van der Waals surface area contributed by atoms with E-state index in [1.54, 1.807) is 11.3 Å². The molecule has 0 atom stereocenters. The number of hydrogen-bond donors (Lipinski definition) is 1. The van der Waals surface area contributed by atoms with Crippen molar-refractivity contribution < 1.29 is 0 Å². The lowest BCUT2D eigenvalue weighted by Gasteiger charge is -2.15. The maximum atomic E-state index is 5.92. The van der Waals surface area contributed by atoms with Crippen LogP contribution >= 0.6 is 22.9 Å². The van der Waals surface area contributed by atoms with Gasteiger partial charge >= 0.3 is 0 Å². The van der Waals surface area contributed by atoms with Crippen molar-refractivity contribution in [1.29, 1.82) is 0 Å². The van der Waals surface area contributed by atoms with Gasteiger partial charge in [0.15, 0.2) is 5.13 Å². The van der Waals surface area contributed by atoms with Crippen LogP contribution in [0.1, 0.15) is 29.5 Å². The molecule has 0 fully saturated rings. The molecule has 0 aliphatic carbocycles. The van der Waals surface area contributed by atoms with Crippen LogP contribution in [-0.4, -0.2) is 18.6 Å². The summed E-state index contributed by atoms with van der Waals surface area (Å²) in [5.74, 6) is 0. The molecule has 1 heterocycles. The van der Waals surface area contributed by atoms with E-state index in [1.165, 1.54) is 10.4 Å². The van der Waals surface area contributed by atoms with Gasteiger partial charge in [0.05, 0.1) is 5.69 Å². The lowest BCUT2D eigenvalue weighted by Crippen LogP contribution is -2.15. The van der Waals surface area contributed by atoms with Crippen molar-refractivity contribution in [3.05, 3.63) is 45.4 Å². The molecule has 21 heavy (non-hydrogen) atoms. The summed E-state index contributed by atoms with van der Waals surface area (Å²) in [6.07, 6.45) is 1.15. The van der Waals surface area contributed by atoms with Crippen molar-refractivity contribution in [2.24, 2.45) is 0 Å². The van der Waals surface area contributed by atoms with Crippen LogP contribution in [0.25, 0.3) is 0 Å². The van der Waals surface area contributed by atoms with Gasteiger partial charge in [0.25, 0.3) is 0 Å². The van der Waals surface area contributed by atoms with Crippen LogP contribution in [-0.2, 0) is 13.1 Å². The summed E-state index contributed by atoms with van der Waals surface area (Å²) in [5, 5.41) is 5.28. The van der Waals surface area contributed by atoms with Gasteiger partial charge in [-0.25, -0.2) is 4.98 Å². The summed E-state index contributed by atoms with van der Waals surface area (Å²) in [4.78, 5) is 8.19. The highest BCUT2D eigenvalue weighted by Crippen LogP contribution is 2.26. The Morgan fingerprint density at radius 3 is 2.67 bits per heavy atom. The molecule has 1 aromatic heterocycles. The Morgan fingerprint density at radius 1 is 1.29 bits per heavy atom. The van der Waals surface area contributed by atoms with Crippen molar-refractivity contribution in [2.75, 3.05) is 18.5 Å². The van der Waals surface area contributed by atoms with Crippen LogP contribution in [0.15, 0.2) is 24.3 Å². The average Bonchev–Trinajstić information content (AvgIpc) is 2.83. The number of rotatable bonds is 7. The number of nitrogens with one attached hydrogen (secondary N) is 1. The fourth-order valence-electron chi connectivity index (χ4n) is 2.05. The van der Waals surface area contributed by atoms with Crippen LogP contribution in [0.3, 0.4) is 0 Å². The number of benzene rings is 1. The van der Waals surface area contributed by atoms with Gasteiger partial charge in [0, 0.05) is 30.0 Å². The van der Waals surface area contributed by atoms with Crippen molar-refractivity contribution in [3.8, 4) is 0 Å². The third kappa shape index (κ3) is 4.70. The number of halogens is 1. The first-order valence-electron chi connectivity index (χ1n) is 7.22. The molecule has 2 rings (SSSR count). The second-order valence-corrected chi connectivity index (χ2v) is 6.66. The van der Waals surface area contributed by atoms with Crippen molar-refractivity contribution in [1.82, 2.24) is 10.3 Å². The van der Waals surface area contributed by atoms with Gasteiger partial charge in [-0.3, -0.25) is 0 Å². The van der Waals surface area contributed by atoms with Gasteiger partial charge in [-0.15, -0.1) is 11.3 Å². The number of nitrogens with zero attached hydrogens (tertiary/aromatic N) is 2. The zero-order valence-corrected chi connectivity index (χ0v) is 14.4. The van der Waals surface area contributed by atoms with Crippen molar-refractivity contribution >= 4 is 28.1 Å². The SMILES string of the molecule is CCCNCc1sc(N(C)Cc2ccc(Cl)cc2)nc1C. The third-order valence-electron chi connectivity index (χ3n) is 3.25. The number of aromatic nitrogens is 1. The van der Waals surface area contributed by atoms with E-state index in [2.05, 4.69) is 48.2 Å². The molecule has 0 unspecified atom stereocenters. The van der Waals surface area contributed by atoms with E-state index in [-0.39, 0.29) is 0 Å². The van der Waals surface area contributed by atoms with E-state index in [0.717, 1.165) is 41.9 Å². The molecule has 0 saturated carbocycles. The molecule has 0 aliphatic rings. The molecule has 0 aliphatic heterocycles. The zero-order chi connectivity index (χ0) is 15.2. The van der Waals surface area contributed by atoms with Crippen LogP contribution in [0.4, 0.5) is 5.13 Å². The topological polar surface area (TPSA) is 28.2 Å². The van der Waals surface area contributed by atoms with Crippen LogP contribution in [0, 0.1) is 6.92 Å². The highest BCUT2D eigenvalue weighted by Gasteiger charge is 2.11. The summed E-state index contributed by atoms with van der Waals surface area (Å²) >= 11 is 7.69. The second-order valence-electron chi connectivity index (χ2n) is 5.16. The lowest BCUT2D eigenvalue weighted by atomic mass is 10.2. The predicted octanol–water partition coefficient (Wildman–Crippen LogP) is 4.24. The van der Waals surface area contributed by atoms with Gasteiger partial charge in [0.2, 0.25) is 0 Å². The fraction of sp³-hybridized carbons (Fsp3) is 0.438. The van der Waals surface area contributed by atoms with Gasteiger partial charge in [-0.1, -0.05) is 30.7 Å². The standard InChI is InChI=1S/C16H22ClN3S/c1-4-9-18-10-15-12(2)19-16(21-15)20(3)11-13-5-7-14(17)8-6-13/h5-8,18H,4,9-11H2,1-3H3. The minimum atomic E-state index is 0.774. The molecule has 0 amide bonds. The maximum absolute atomic E-state index is 5.92. The third-order valence-corrected chi connectivity index (χ3v) is 4.78. The Labute approximate surface area is 136 Å². The molecule has 114 valence electrons. The monoisotopic (exact) mass is 323 g/mol. The number of thiazole rings is 1. The molecule has 0 spiro atoms. The maximum Gasteiger partial charge on any atom is 0.185 e. The Morgan fingerprint density at radius 2 is 2.00 bits per heavy atom. The van der Waals surface area contributed by atoms with Crippen LogP contribution in [0.2, 0.25) is 5.02 Å². The molecule has 0 bridgehead atoms. The first-order valence-corrected chi connectivity index (χ1v) is 8.42. The molecule has 0 radical (unpaired) electrons. The van der Waals surface area contributed by atoms with Gasteiger partial charge < -0.3 is 10.2 Å². The normalized spacial score (nSPS) is 10.9. The van der Waals surface area contributed by atoms with E-state index in [0.29, 0.717) is 0 Å². The minimum Gasteiger partial charge on any atom is -0.347 e. The van der Waals surface area contributed by atoms with Crippen LogP contribution in [0.5, 0.6) is 0 Å². The lowest BCUT2D eigenvalue weighted by molar-refractivity contribution is 0.678. The van der Waals surface area contributed by atoms with Gasteiger partial charge in [-0.05, 0) is 37.6 Å². The summed E-state index contributed by atoms with van der Waals surface area (Å²) in [7, 11) is 2.08. The minimum absolute atomic E-state index is 0.774. The first-order chi connectivity index (χ1) is 10.1. The summed E-state index contributed by atoms with van der Waals surface area (Å²) < 4.78 is 0. The number of anilines is 1. The quantitative estimate of drug-likeness (QED) is 0.772. The van der Waals surface area contributed by atoms with E-state index in [9.17, 15) is 0 Å². The summed E-state index contributed by atoms with van der Waals surface area (Å²) in [6, 6.07) is 7.97. The Balaban J connectivity index is 2.00. The predicted molar refractivity (Wildman–Crippen MR) is 92.4 cm³/mol. The smallest absolute Gasteiger partial charge is 0.185 e.